The Morgan fingerprint density at radius 2 is 2.39 bits per heavy atom. The molecular weight excluding hydrogens is 296 g/mol. The van der Waals surface area contributed by atoms with Crippen LogP contribution in [0.4, 0.5) is 0 Å². The molecule has 2 rings (SSSR count). The van der Waals surface area contributed by atoms with Crippen molar-refractivity contribution < 1.29 is 4.79 Å². The van der Waals surface area contributed by atoms with Crippen LogP contribution in [0.1, 0.15) is 12.0 Å². The van der Waals surface area contributed by atoms with E-state index in [1.165, 1.54) is 0 Å². The summed E-state index contributed by atoms with van der Waals surface area (Å²) in [5.74, 6) is 0.286. The van der Waals surface area contributed by atoms with Crippen LogP contribution in [0.15, 0.2) is 33.9 Å². The molecule has 1 fully saturated rings. The van der Waals surface area contributed by atoms with Crippen molar-refractivity contribution in [3.63, 3.8) is 0 Å². The molecule has 1 aliphatic rings. The van der Waals surface area contributed by atoms with E-state index in [4.69, 9.17) is 5.53 Å². The van der Waals surface area contributed by atoms with Gasteiger partial charge in [0.25, 0.3) is 0 Å². The van der Waals surface area contributed by atoms with Crippen LogP contribution >= 0.6 is 15.9 Å². The molecule has 0 bridgehead atoms. The molecule has 1 aromatic carbocycles. The van der Waals surface area contributed by atoms with Crippen LogP contribution in [0, 0.1) is 5.92 Å². The molecule has 5 nitrogen and oxygen atoms in total. The van der Waals surface area contributed by atoms with Crippen molar-refractivity contribution in [3.8, 4) is 0 Å². The molecular formula is C12H13BrN4O. The number of hydrogen-bond donors (Lipinski definition) is 0. The summed E-state index contributed by atoms with van der Waals surface area (Å²) in [6, 6.07) is 7.92. The number of carbonyl (C=O) groups is 1. The Hall–Kier alpha value is -1.52. The minimum Gasteiger partial charge on any atom is -0.338 e. The third-order valence-electron chi connectivity index (χ3n) is 2.96. The van der Waals surface area contributed by atoms with Gasteiger partial charge in [-0.15, -0.1) is 0 Å². The van der Waals surface area contributed by atoms with Crippen LogP contribution in [0.3, 0.4) is 0 Å². The van der Waals surface area contributed by atoms with Crippen LogP contribution in [0.5, 0.6) is 0 Å². The van der Waals surface area contributed by atoms with Crippen LogP contribution in [-0.2, 0) is 11.3 Å². The summed E-state index contributed by atoms with van der Waals surface area (Å²) >= 11 is 3.41. The van der Waals surface area contributed by atoms with Gasteiger partial charge in [-0.2, -0.15) is 0 Å². The lowest BCUT2D eigenvalue weighted by Crippen LogP contribution is -2.24. The molecule has 1 saturated heterocycles. The van der Waals surface area contributed by atoms with Crippen LogP contribution in [0.25, 0.3) is 10.4 Å². The van der Waals surface area contributed by atoms with Crippen LogP contribution in [0.2, 0.25) is 0 Å². The Kier molecular flexibility index (Phi) is 4.23. The fourth-order valence-corrected chi connectivity index (χ4v) is 2.58. The van der Waals surface area contributed by atoms with Crippen molar-refractivity contribution >= 4 is 21.8 Å². The zero-order chi connectivity index (χ0) is 13.0. The number of carbonyl (C=O) groups excluding carboxylic acids is 1. The van der Waals surface area contributed by atoms with Gasteiger partial charge in [0.1, 0.15) is 0 Å². The predicted octanol–water partition coefficient (Wildman–Crippen LogP) is 3.11. The van der Waals surface area contributed by atoms with Gasteiger partial charge in [0, 0.05) is 35.4 Å². The van der Waals surface area contributed by atoms with Crippen molar-refractivity contribution in [2.24, 2.45) is 11.0 Å². The quantitative estimate of drug-likeness (QED) is 0.478. The van der Waals surface area contributed by atoms with E-state index in [1.54, 1.807) is 0 Å². The molecule has 94 valence electrons. The summed E-state index contributed by atoms with van der Waals surface area (Å²) in [6.07, 6.45) is 0.479. The second-order valence-corrected chi connectivity index (χ2v) is 5.30. The Morgan fingerprint density at radius 3 is 3.11 bits per heavy atom. The summed E-state index contributed by atoms with van der Waals surface area (Å²) in [4.78, 5) is 16.4. The first-order valence-corrected chi connectivity index (χ1v) is 6.51. The lowest BCUT2D eigenvalue weighted by molar-refractivity contribution is -0.128. The van der Waals surface area contributed by atoms with Gasteiger partial charge in [-0.3, -0.25) is 4.79 Å². The second kappa shape index (κ2) is 5.89. The molecule has 1 aromatic rings. The average molecular weight is 309 g/mol. The Morgan fingerprint density at radius 1 is 1.56 bits per heavy atom. The molecule has 0 radical (unpaired) electrons. The van der Waals surface area contributed by atoms with Crippen molar-refractivity contribution in [1.82, 2.24) is 4.90 Å². The van der Waals surface area contributed by atoms with E-state index < -0.39 is 0 Å². The number of nitrogens with zero attached hydrogens (tertiary/aromatic N) is 4. The first-order chi connectivity index (χ1) is 8.69. The van der Waals surface area contributed by atoms with Crippen molar-refractivity contribution in [1.29, 1.82) is 0 Å². The highest BCUT2D eigenvalue weighted by molar-refractivity contribution is 9.10. The third kappa shape index (κ3) is 3.24. The molecule has 0 spiro atoms. The maximum atomic E-state index is 11.8. The fraction of sp³-hybridized carbons (Fsp3) is 0.417. The maximum absolute atomic E-state index is 11.8. The minimum atomic E-state index is 0.133. The topological polar surface area (TPSA) is 69.1 Å². The van der Waals surface area contributed by atoms with E-state index in [0.717, 1.165) is 10.0 Å². The van der Waals surface area contributed by atoms with E-state index in [2.05, 4.69) is 26.0 Å². The average Bonchev–Trinajstić information content (AvgIpc) is 2.68. The van der Waals surface area contributed by atoms with E-state index in [1.807, 2.05) is 29.2 Å². The molecule has 1 aliphatic heterocycles. The minimum absolute atomic E-state index is 0.133. The van der Waals surface area contributed by atoms with Gasteiger partial charge in [0.05, 0.1) is 0 Å². The van der Waals surface area contributed by atoms with Gasteiger partial charge in [-0.25, -0.2) is 0 Å². The molecule has 1 heterocycles. The SMILES string of the molecule is [N-]=[N+]=NCC1CC(=O)N(Cc2cccc(Br)c2)C1. The molecule has 18 heavy (non-hydrogen) atoms. The number of benzene rings is 1. The van der Waals surface area contributed by atoms with Gasteiger partial charge < -0.3 is 4.90 Å². The summed E-state index contributed by atoms with van der Waals surface area (Å²) < 4.78 is 1.01. The summed E-state index contributed by atoms with van der Waals surface area (Å²) in [5.41, 5.74) is 9.38. The van der Waals surface area contributed by atoms with Gasteiger partial charge in [0.2, 0.25) is 5.91 Å². The fourth-order valence-electron chi connectivity index (χ4n) is 2.14. The van der Waals surface area contributed by atoms with E-state index in [0.29, 0.717) is 26.1 Å². The Balaban J connectivity index is 1.98. The molecule has 0 aliphatic carbocycles. The van der Waals surface area contributed by atoms with Gasteiger partial charge >= 0.3 is 0 Å². The Bertz CT molecular complexity index is 499. The van der Waals surface area contributed by atoms with Gasteiger partial charge in [-0.05, 0) is 29.1 Å². The summed E-state index contributed by atoms with van der Waals surface area (Å²) in [7, 11) is 0. The van der Waals surface area contributed by atoms with Crippen LogP contribution in [-0.4, -0.2) is 23.9 Å². The van der Waals surface area contributed by atoms with Crippen molar-refractivity contribution in [2.45, 2.75) is 13.0 Å². The number of hydrogen-bond acceptors (Lipinski definition) is 2. The smallest absolute Gasteiger partial charge is 0.223 e. The number of halogens is 1. The molecule has 6 heteroatoms. The van der Waals surface area contributed by atoms with Crippen LogP contribution < -0.4 is 0 Å². The van der Waals surface area contributed by atoms with Crippen molar-refractivity contribution in [2.75, 3.05) is 13.1 Å². The predicted molar refractivity (Wildman–Crippen MR) is 71.7 cm³/mol. The maximum Gasteiger partial charge on any atom is 0.223 e. The lowest BCUT2D eigenvalue weighted by atomic mass is 10.1. The lowest BCUT2D eigenvalue weighted by Gasteiger charge is -2.16. The Labute approximate surface area is 114 Å². The number of rotatable bonds is 4. The molecule has 1 atom stereocenters. The molecule has 1 unspecified atom stereocenters. The summed E-state index contributed by atoms with van der Waals surface area (Å²) in [6.45, 7) is 1.69. The monoisotopic (exact) mass is 308 g/mol. The zero-order valence-electron chi connectivity index (χ0n) is 9.79. The number of azide groups is 1. The highest BCUT2D eigenvalue weighted by atomic mass is 79.9. The largest absolute Gasteiger partial charge is 0.338 e. The molecule has 0 aromatic heterocycles. The third-order valence-corrected chi connectivity index (χ3v) is 3.45. The van der Waals surface area contributed by atoms with E-state index in [-0.39, 0.29) is 11.8 Å². The normalized spacial score (nSPS) is 18.8. The first-order valence-electron chi connectivity index (χ1n) is 5.72. The molecule has 1 amide bonds. The zero-order valence-corrected chi connectivity index (χ0v) is 11.4. The summed E-state index contributed by atoms with van der Waals surface area (Å²) in [5, 5.41) is 3.54. The number of amides is 1. The molecule has 0 saturated carbocycles. The van der Waals surface area contributed by atoms with Crippen molar-refractivity contribution in [3.05, 3.63) is 44.7 Å². The first kappa shape index (κ1) is 12.9. The second-order valence-electron chi connectivity index (χ2n) is 4.39. The standard InChI is InChI=1S/C12H13BrN4O/c13-11-3-1-2-9(4-11)7-17-8-10(5-12(17)18)6-15-16-14/h1-4,10H,5-8H2. The number of likely N-dealkylation sites (tertiary alicyclic amines) is 1. The highest BCUT2D eigenvalue weighted by Gasteiger charge is 2.28. The van der Waals surface area contributed by atoms with E-state index >= 15 is 0 Å². The van der Waals surface area contributed by atoms with Gasteiger partial charge in [-0.1, -0.05) is 33.2 Å². The van der Waals surface area contributed by atoms with E-state index in [9.17, 15) is 4.79 Å². The van der Waals surface area contributed by atoms with Gasteiger partial charge in [0.15, 0.2) is 0 Å². The molecule has 0 N–H and O–H groups in total. The highest BCUT2D eigenvalue weighted by Crippen LogP contribution is 2.21.